The summed E-state index contributed by atoms with van der Waals surface area (Å²) in [5.41, 5.74) is 4.04. The maximum absolute atomic E-state index is 11.8. The number of hydrogen-bond donors (Lipinski definition) is 1. The fourth-order valence-corrected chi connectivity index (χ4v) is 2.96. The zero-order chi connectivity index (χ0) is 19.1. The third-order valence-electron chi connectivity index (χ3n) is 4.31. The summed E-state index contributed by atoms with van der Waals surface area (Å²) < 4.78 is 10.4. The number of anilines is 1. The molecule has 0 saturated heterocycles. The van der Waals surface area contributed by atoms with Crippen LogP contribution in [0.3, 0.4) is 0 Å². The summed E-state index contributed by atoms with van der Waals surface area (Å²) in [6, 6.07) is 14.8. The molecule has 2 aromatic carbocycles. The van der Waals surface area contributed by atoms with Crippen molar-refractivity contribution in [1.82, 2.24) is 0 Å². The van der Waals surface area contributed by atoms with Gasteiger partial charge >= 0.3 is 5.97 Å². The number of nitrogens with one attached hydrogen (secondary N) is 1. The first-order valence-electron chi connectivity index (χ1n) is 8.80. The van der Waals surface area contributed by atoms with Gasteiger partial charge in [-0.3, -0.25) is 4.79 Å². The van der Waals surface area contributed by atoms with Crippen molar-refractivity contribution >= 4 is 17.6 Å². The van der Waals surface area contributed by atoms with E-state index in [1.165, 1.54) is 11.1 Å². The van der Waals surface area contributed by atoms with Crippen LogP contribution in [0, 0.1) is 11.3 Å². The van der Waals surface area contributed by atoms with E-state index in [1.807, 2.05) is 18.2 Å². The summed E-state index contributed by atoms with van der Waals surface area (Å²) >= 11 is 0. The van der Waals surface area contributed by atoms with Crippen molar-refractivity contribution in [3.05, 3.63) is 59.2 Å². The highest BCUT2D eigenvalue weighted by atomic mass is 16.6. The van der Waals surface area contributed by atoms with Crippen LogP contribution in [0.25, 0.3) is 0 Å². The SMILES string of the molecule is N#CCc1ccc(NC(=O)COC(=O)COc2ccc3c(c2)CCC3)cc1. The van der Waals surface area contributed by atoms with E-state index in [9.17, 15) is 9.59 Å². The summed E-state index contributed by atoms with van der Waals surface area (Å²) in [6.45, 7) is -0.624. The highest BCUT2D eigenvalue weighted by Crippen LogP contribution is 2.25. The van der Waals surface area contributed by atoms with Gasteiger partial charge in [-0.1, -0.05) is 18.2 Å². The average molecular weight is 364 g/mol. The predicted octanol–water partition coefficient (Wildman–Crippen LogP) is 2.80. The van der Waals surface area contributed by atoms with E-state index in [4.69, 9.17) is 14.7 Å². The number of aryl methyl sites for hydroxylation is 2. The van der Waals surface area contributed by atoms with Crippen LogP contribution in [0.2, 0.25) is 0 Å². The molecule has 0 saturated carbocycles. The number of carbonyl (C=O) groups excluding carboxylic acids is 2. The average Bonchev–Trinajstić information content (AvgIpc) is 3.14. The highest BCUT2D eigenvalue weighted by Gasteiger charge is 2.13. The second-order valence-corrected chi connectivity index (χ2v) is 6.31. The van der Waals surface area contributed by atoms with E-state index >= 15 is 0 Å². The third kappa shape index (κ3) is 5.32. The van der Waals surface area contributed by atoms with Gasteiger partial charge in [-0.05, 0) is 60.2 Å². The number of nitrogens with zero attached hydrogens (tertiary/aromatic N) is 1. The number of ether oxygens (including phenoxy) is 2. The van der Waals surface area contributed by atoms with Crippen molar-refractivity contribution in [2.75, 3.05) is 18.5 Å². The number of hydrogen-bond acceptors (Lipinski definition) is 5. The molecule has 0 atom stereocenters. The lowest BCUT2D eigenvalue weighted by molar-refractivity contribution is -0.149. The van der Waals surface area contributed by atoms with Crippen LogP contribution in [-0.2, 0) is 33.6 Å². The standard InChI is InChI=1S/C21H20N2O4/c22-11-10-15-4-7-18(8-5-15)23-20(24)13-27-21(25)14-26-19-9-6-16-2-1-3-17(16)12-19/h4-9,12H,1-3,10,13-14H2,(H,23,24). The molecule has 27 heavy (non-hydrogen) atoms. The molecule has 0 heterocycles. The van der Waals surface area contributed by atoms with Crippen molar-refractivity contribution in [3.8, 4) is 11.8 Å². The van der Waals surface area contributed by atoms with Gasteiger partial charge in [-0.25, -0.2) is 4.79 Å². The van der Waals surface area contributed by atoms with Crippen LogP contribution in [0.5, 0.6) is 5.75 Å². The minimum absolute atomic E-state index is 0.241. The van der Waals surface area contributed by atoms with Gasteiger partial charge in [-0.2, -0.15) is 5.26 Å². The van der Waals surface area contributed by atoms with Crippen LogP contribution in [-0.4, -0.2) is 25.1 Å². The maximum atomic E-state index is 11.8. The Kier molecular flexibility index (Phi) is 6.06. The van der Waals surface area contributed by atoms with Gasteiger partial charge in [0.05, 0.1) is 12.5 Å². The lowest BCUT2D eigenvalue weighted by Crippen LogP contribution is -2.23. The Morgan fingerprint density at radius 2 is 1.81 bits per heavy atom. The molecule has 6 heteroatoms. The van der Waals surface area contributed by atoms with E-state index in [1.54, 1.807) is 24.3 Å². The predicted molar refractivity (Wildman–Crippen MR) is 99.3 cm³/mol. The lowest BCUT2D eigenvalue weighted by Gasteiger charge is -2.09. The molecule has 1 N–H and O–H groups in total. The Bertz CT molecular complexity index is 869. The number of rotatable bonds is 7. The second kappa shape index (κ2) is 8.86. The fourth-order valence-electron chi connectivity index (χ4n) is 2.96. The molecular formula is C21H20N2O4. The minimum atomic E-state index is -0.602. The van der Waals surface area contributed by atoms with Crippen molar-refractivity contribution in [2.45, 2.75) is 25.7 Å². The lowest BCUT2D eigenvalue weighted by atomic mass is 10.1. The Morgan fingerprint density at radius 1 is 1.04 bits per heavy atom. The van der Waals surface area contributed by atoms with Crippen molar-refractivity contribution in [3.63, 3.8) is 0 Å². The van der Waals surface area contributed by atoms with E-state index in [2.05, 4.69) is 11.4 Å². The normalized spacial score (nSPS) is 12.0. The smallest absolute Gasteiger partial charge is 0.344 e. The molecule has 0 unspecified atom stereocenters. The largest absolute Gasteiger partial charge is 0.482 e. The Labute approximate surface area is 157 Å². The van der Waals surface area contributed by atoms with Crippen LogP contribution in [0.4, 0.5) is 5.69 Å². The van der Waals surface area contributed by atoms with Gasteiger partial charge in [0.2, 0.25) is 0 Å². The van der Waals surface area contributed by atoms with Gasteiger partial charge in [0, 0.05) is 5.69 Å². The number of carbonyl (C=O) groups is 2. The summed E-state index contributed by atoms with van der Waals surface area (Å²) in [5, 5.41) is 11.3. The molecule has 0 aromatic heterocycles. The van der Waals surface area contributed by atoms with E-state index in [0.29, 0.717) is 17.9 Å². The molecule has 3 rings (SSSR count). The number of nitriles is 1. The van der Waals surface area contributed by atoms with Crippen LogP contribution >= 0.6 is 0 Å². The monoisotopic (exact) mass is 364 g/mol. The first-order chi connectivity index (χ1) is 13.1. The van der Waals surface area contributed by atoms with Crippen molar-refractivity contribution in [1.29, 1.82) is 5.26 Å². The summed E-state index contributed by atoms with van der Waals surface area (Å²) in [7, 11) is 0. The van der Waals surface area contributed by atoms with Crippen LogP contribution in [0.15, 0.2) is 42.5 Å². The van der Waals surface area contributed by atoms with Gasteiger partial charge in [0.1, 0.15) is 5.75 Å². The third-order valence-corrected chi connectivity index (χ3v) is 4.31. The molecule has 0 fully saturated rings. The first-order valence-corrected chi connectivity index (χ1v) is 8.80. The fraction of sp³-hybridized carbons (Fsp3) is 0.286. The summed E-state index contributed by atoms with van der Waals surface area (Å²) in [4.78, 5) is 23.6. The van der Waals surface area contributed by atoms with Gasteiger partial charge in [0.25, 0.3) is 5.91 Å². The van der Waals surface area contributed by atoms with Crippen LogP contribution in [0.1, 0.15) is 23.1 Å². The molecule has 1 amide bonds. The van der Waals surface area contributed by atoms with E-state index in [0.717, 1.165) is 24.8 Å². The summed E-state index contributed by atoms with van der Waals surface area (Å²) in [6.07, 6.45) is 3.59. The Balaban J connectivity index is 1.39. The zero-order valence-electron chi connectivity index (χ0n) is 14.9. The molecule has 0 bridgehead atoms. The number of amides is 1. The van der Waals surface area contributed by atoms with Crippen molar-refractivity contribution in [2.24, 2.45) is 0 Å². The molecule has 1 aliphatic carbocycles. The van der Waals surface area contributed by atoms with E-state index < -0.39 is 11.9 Å². The number of esters is 1. The Hall–Kier alpha value is -3.33. The molecule has 138 valence electrons. The van der Waals surface area contributed by atoms with Crippen LogP contribution < -0.4 is 10.1 Å². The van der Waals surface area contributed by atoms with E-state index in [-0.39, 0.29) is 13.2 Å². The zero-order valence-corrected chi connectivity index (χ0v) is 14.9. The molecular weight excluding hydrogens is 344 g/mol. The molecule has 1 aliphatic rings. The van der Waals surface area contributed by atoms with Gasteiger partial charge < -0.3 is 14.8 Å². The van der Waals surface area contributed by atoms with Gasteiger partial charge in [-0.15, -0.1) is 0 Å². The molecule has 0 radical (unpaired) electrons. The molecule has 6 nitrogen and oxygen atoms in total. The molecule has 0 aliphatic heterocycles. The Morgan fingerprint density at radius 3 is 2.59 bits per heavy atom. The highest BCUT2D eigenvalue weighted by molar-refractivity contribution is 5.92. The second-order valence-electron chi connectivity index (χ2n) is 6.31. The van der Waals surface area contributed by atoms with Crippen molar-refractivity contribution < 1.29 is 19.1 Å². The summed E-state index contributed by atoms with van der Waals surface area (Å²) in [5.74, 6) is -0.404. The first kappa shape index (κ1) is 18.5. The van der Waals surface area contributed by atoms with Gasteiger partial charge in [0.15, 0.2) is 13.2 Å². The maximum Gasteiger partial charge on any atom is 0.344 e. The quantitative estimate of drug-likeness (QED) is 0.763. The number of fused-ring (bicyclic) bond motifs is 1. The molecule has 0 spiro atoms. The minimum Gasteiger partial charge on any atom is -0.482 e. The molecule has 2 aromatic rings. The topological polar surface area (TPSA) is 88.4 Å². The number of benzene rings is 2.